The summed E-state index contributed by atoms with van der Waals surface area (Å²) in [6, 6.07) is 5.18. The molecule has 0 aromatic heterocycles. The fourth-order valence-corrected chi connectivity index (χ4v) is 6.13. The normalized spacial score (nSPS) is 23.5. The highest BCUT2D eigenvalue weighted by atomic mass is 79.9. The molecule has 2 rings (SSSR count). The summed E-state index contributed by atoms with van der Waals surface area (Å²) in [5.41, 5.74) is 0. The topological polar surface area (TPSA) is 46.2 Å². The number of benzene rings is 1. The zero-order valence-corrected chi connectivity index (χ0v) is 16.3. The Labute approximate surface area is 144 Å². The number of hydrogen-bond donors (Lipinski definition) is 1. The maximum Gasteiger partial charge on any atom is 0.241 e. The van der Waals surface area contributed by atoms with Crippen LogP contribution in [0.2, 0.25) is 0 Å². The van der Waals surface area contributed by atoms with Gasteiger partial charge < -0.3 is 0 Å². The van der Waals surface area contributed by atoms with Crippen LogP contribution in [0, 0.1) is 11.8 Å². The van der Waals surface area contributed by atoms with Crippen LogP contribution in [0.4, 0.5) is 0 Å². The van der Waals surface area contributed by atoms with E-state index in [4.69, 9.17) is 0 Å². The molecule has 1 fully saturated rings. The molecule has 6 heteroatoms. The van der Waals surface area contributed by atoms with Crippen molar-refractivity contribution in [3.8, 4) is 0 Å². The molecule has 2 unspecified atom stereocenters. The minimum atomic E-state index is -3.49. The van der Waals surface area contributed by atoms with Gasteiger partial charge in [-0.2, -0.15) is 0 Å². The molecule has 1 N–H and O–H groups in total. The van der Waals surface area contributed by atoms with E-state index in [2.05, 4.69) is 50.4 Å². The van der Waals surface area contributed by atoms with Crippen LogP contribution in [0.5, 0.6) is 0 Å². The first-order chi connectivity index (χ1) is 9.81. The second kappa shape index (κ2) is 7.11. The van der Waals surface area contributed by atoms with Gasteiger partial charge in [-0.15, -0.1) is 0 Å². The maximum atomic E-state index is 12.6. The molecule has 1 aliphatic rings. The smallest absolute Gasteiger partial charge is 0.208 e. The van der Waals surface area contributed by atoms with Gasteiger partial charge in [0.05, 0.1) is 4.90 Å². The minimum absolute atomic E-state index is 0.0410. The van der Waals surface area contributed by atoms with Crippen molar-refractivity contribution in [1.29, 1.82) is 0 Å². The molecule has 3 nitrogen and oxygen atoms in total. The molecular weight excluding hydrogens is 418 g/mol. The number of nitrogens with one attached hydrogen (secondary N) is 1. The lowest BCUT2D eigenvalue weighted by Crippen LogP contribution is -2.43. The first-order valence-electron chi connectivity index (χ1n) is 7.28. The zero-order valence-electron chi connectivity index (χ0n) is 12.3. The van der Waals surface area contributed by atoms with Gasteiger partial charge >= 0.3 is 0 Å². The van der Waals surface area contributed by atoms with Crippen LogP contribution in [0.1, 0.15) is 39.5 Å². The summed E-state index contributed by atoms with van der Waals surface area (Å²) in [6.45, 7) is 4.35. The Balaban J connectivity index is 2.23. The molecule has 1 aromatic carbocycles. The lowest BCUT2D eigenvalue weighted by Gasteiger charge is -2.34. The Morgan fingerprint density at radius 2 is 1.86 bits per heavy atom. The molecular formula is C15H21Br2NO2S. The largest absolute Gasteiger partial charge is 0.241 e. The molecule has 1 saturated carbocycles. The first-order valence-corrected chi connectivity index (χ1v) is 10.4. The molecule has 118 valence electrons. The molecule has 1 aliphatic carbocycles. The molecule has 0 spiro atoms. The van der Waals surface area contributed by atoms with E-state index in [1.807, 2.05) is 0 Å². The van der Waals surface area contributed by atoms with Crippen molar-refractivity contribution in [3.63, 3.8) is 0 Å². The summed E-state index contributed by atoms with van der Waals surface area (Å²) in [7, 11) is -3.49. The number of rotatable bonds is 4. The van der Waals surface area contributed by atoms with E-state index in [9.17, 15) is 8.42 Å². The van der Waals surface area contributed by atoms with Crippen molar-refractivity contribution in [2.75, 3.05) is 0 Å². The second-order valence-corrected chi connectivity index (χ2v) is 9.45. The average Bonchev–Trinajstić information content (AvgIpc) is 2.37. The third-order valence-electron chi connectivity index (χ3n) is 4.17. The van der Waals surface area contributed by atoms with E-state index >= 15 is 0 Å². The maximum absolute atomic E-state index is 12.6. The van der Waals surface area contributed by atoms with Crippen molar-refractivity contribution < 1.29 is 8.42 Å². The summed E-state index contributed by atoms with van der Waals surface area (Å²) < 4.78 is 29.7. The second-order valence-electron chi connectivity index (χ2n) is 5.99. The highest BCUT2D eigenvalue weighted by molar-refractivity contribution is 9.11. The standard InChI is InChI=1S/C15H21Br2NO2S/c1-10(2)12-5-3-4-6-14(12)18-21(19,20)15-8-7-11(16)9-13(15)17/h7-10,12,14,18H,3-6H2,1-2H3. The molecule has 2 atom stereocenters. The van der Waals surface area contributed by atoms with E-state index in [1.54, 1.807) is 18.2 Å². The monoisotopic (exact) mass is 437 g/mol. The Bertz CT molecular complexity index is 602. The van der Waals surface area contributed by atoms with Gasteiger partial charge in [-0.1, -0.05) is 42.6 Å². The average molecular weight is 439 g/mol. The summed E-state index contributed by atoms with van der Waals surface area (Å²) in [6.07, 6.45) is 4.32. The third kappa shape index (κ3) is 4.30. The van der Waals surface area contributed by atoms with Gasteiger partial charge in [-0.25, -0.2) is 13.1 Å². The van der Waals surface area contributed by atoms with E-state index in [-0.39, 0.29) is 6.04 Å². The van der Waals surface area contributed by atoms with Crippen molar-refractivity contribution in [1.82, 2.24) is 4.72 Å². The van der Waals surface area contributed by atoms with Crippen molar-refractivity contribution in [2.45, 2.75) is 50.5 Å². The molecule has 0 aliphatic heterocycles. The lowest BCUT2D eigenvalue weighted by molar-refractivity contribution is 0.226. The van der Waals surface area contributed by atoms with Crippen LogP contribution >= 0.6 is 31.9 Å². The van der Waals surface area contributed by atoms with Gasteiger partial charge in [-0.05, 0) is 58.8 Å². The van der Waals surface area contributed by atoms with Crippen molar-refractivity contribution >= 4 is 41.9 Å². The van der Waals surface area contributed by atoms with E-state index < -0.39 is 10.0 Å². The molecule has 0 radical (unpaired) electrons. The van der Waals surface area contributed by atoms with Crippen molar-refractivity contribution in [3.05, 3.63) is 27.1 Å². The summed E-state index contributed by atoms with van der Waals surface area (Å²) in [4.78, 5) is 0.304. The molecule has 1 aromatic rings. The van der Waals surface area contributed by atoms with Crippen molar-refractivity contribution in [2.24, 2.45) is 11.8 Å². The minimum Gasteiger partial charge on any atom is -0.208 e. The van der Waals surface area contributed by atoms with Gasteiger partial charge in [-0.3, -0.25) is 0 Å². The Kier molecular flexibility index (Phi) is 5.91. The van der Waals surface area contributed by atoms with Crippen LogP contribution in [-0.4, -0.2) is 14.5 Å². The van der Waals surface area contributed by atoms with E-state index in [1.165, 1.54) is 6.42 Å². The van der Waals surface area contributed by atoms with E-state index in [0.717, 1.165) is 23.7 Å². The quantitative estimate of drug-likeness (QED) is 0.739. The van der Waals surface area contributed by atoms with Gasteiger partial charge in [0.2, 0.25) is 10.0 Å². The van der Waals surface area contributed by atoms with Crippen LogP contribution in [0.15, 0.2) is 32.0 Å². The highest BCUT2D eigenvalue weighted by Crippen LogP contribution is 2.32. The van der Waals surface area contributed by atoms with Gasteiger partial charge in [0.15, 0.2) is 0 Å². The Morgan fingerprint density at radius 1 is 1.19 bits per heavy atom. The SMILES string of the molecule is CC(C)C1CCCCC1NS(=O)(=O)c1ccc(Br)cc1Br. The zero-order chi connectivity index (χ0) is 15.6. The molecule has 0 heterocycles. The summed E-state index contributed by atoms with van der Waals surface area (Å²) >= 11 is 6.69. The van der Waals surface area contributed by atoms with Crippen LogP contribution in [0.25, 0.3) is 0 Å². The van der Waals surface area contributed by atoms with E-state index in [0.29, 0.717) is 21.2 Å². The highest BCUT2D eigenvalue weighted by Gasteiger charge is 2.31. The number of halogens is 2. The molecule has 21 heavy (non-hydrogen) atoms. The van der Waals surface area contributed by atoms with Gasteiger partial charge in [0.25, 0.3) is 0 Å². The molecule has 0 bridgehead atoms. The molecule has 0 saturated heterocycles. The fraction of sp³-hybridized carbons (Fsp3) is 0.600. The van der Waals surface area contributed by atoms with Crippen LogP contribution in [-0.2, 0) is 10.0 Å². The number of hydrogen-bond acceptors (Lipinski definition) is 2. The lowest BCUT2D eigenvalue weighted by atomic mass is 9.78. The summed E-state index contributed by atoms with van der Waals surface area (Å²) in [5, 5.41) is 0. The van der Waals surface area contributed by atoms with Gasteiger partial charge in [0, 0.05) is 15.0 Å². The fourth-order valence-electron chi connectivity index (χ4n) is 3.06. The Morgan fingerprint density at radius 3 is 2.48 bits per heavy atom. The summed E-state index contributed by atoms with van der Waals surface area (Å²) in [5.74, 6) is 0.911. The van der Waals surface area contributed by atoms with Gasteiger partial charge in [0.1, 0.15) is 0 Å². The first kappa shape index (κ1) is 17.4. The Hall–Kier alpha value is 0.0900. The molecule has 0 amide bonds. The predicted octanol–water partition coefficient (Wildman–Crippen LogP) is 4.70. The van der Waals surface area contributed by atoms with Crippen LogP contribution in [0.3, 0.4) is 0 Å². The number of sulfonamides is 1. The third-order valence-corrected chi connectivity index (χ3v) is 7.13. The predicted molar refractivity (Wildman–Crippen MR) is 92.7 cm³/mol. The van der Waals surface area contributed by atoms with Crippen LogP contribution < -0.4 is 4.72 Å².